The fraction of sp³-hybridized carbons (Fsp3) is 0.533. The Morgan fingerprint density at radius 3 is 2.68 bits per heavy atom. The smallest absolute Gasteiger partial charge is 0.307 e. The molecule has 124 valence electrons. The summed E-state index contributed by atoms with van der Waals surface area (Å²) in [6, 6.07) is 3.73. The van der Waals surface area contributed by atoms with Crippen LogP contribution in [0, 0.1) is 5.82 Å². The molecule has 0 saturated heterocycles. The Morgan fingerprint density at radius 2 is 2.14 bits per heavy atom. The molecule has 0 aliphatic carbocycles. The lowest BCUT2D eigenvalue weighted by Crippen LogP contribution is -2.42. The van der Waals surface area contributed by atoms with Crippen molar-refractivity contribution < 1.29 is 18.5 Å². The highest BCUT2D eigenvalue weighted by molar-refractivity contribution is 9.10. The summed E-state index contributed by atoms with van der Waals surface area (Å²) in [6.45, 7) is 7.35. The van der Waals surface area contributed by atoms with Crippen molar-refractivity contribution in [3.05, 3.63) is 34.1 Å². The maximum atomic E-state index is 14.1. The maximum absolute atomic E-state index is 14.1. The van der Waals surface area contributed by atoms with Gasteiger partial charge in [-0.15, -0.1) is 4.72 Å². The first kappa shape index (κ1) is 19.4. The molecule has 0 fully saturated rings. The molecule has 2 atom stereocenters. The van der Waals surface area contributed by atoms with Crippen LogP contribution in [0.2, 0.25) is 0 Å². The van der Waals surface area contributed by atoms with Crippen molar-refractivity contribution in [2.45, 2.75) is 44.9 Å². The molecule has 7 heteroatoms. The largest absolute Gasteiger partial charge is 0.598 e. The van der Waals surface area contributed by atoms with Crippen LogP contribution < -0.4 is 4.72 Å². The number of benzene rings is 1. The maximum Gasteiger partial charge on any atom is 0.307 e. The molecule has 0 aliphatic heterocycles. The van der Waals surface area contributed by atoms with Gasteiger partial charge in [0.2, 0.25) is 0 Å². The quantitative estimate of drug-likeness (QED) is 0.591. The Balaban J connectivity index is 3.05. The minimum Gasteiger partial charge on any atom is -0.598 e. The predicted octanol–water partition coefficient (Wildman–Crippen LogP) is 3.63. The third-order valence-corrected chi connectivity index (χ3v) is 4.92. The molecule has 0 heterocycles. The van der Waals surface area contributed by atoms with Gasteiger partial charge in [-0.05, 0) is 45.9 Å². The van der Waals surface area contributed by atoms with Gasteiger partial charge < -0.3 is 9.29 Å². The summed E-state index contributed by atoms with van der Waals surface area (Å²) in [5, 5.41) is 0. The van der Waals surface area contributed by atoms with Crippen molar-refractivity contribution >= 4 is 33.3 Å². The second kappa shape index (κ2) is 8.29. The van der Waals surface area contributed by atoms with E-state index in [-0.39, 0.29) is 18.6 Å². The molecule has 0 aliphatic rings. The van der Waals surface area contributed by atoms with Crippen LogP contribution in [0.5, 0.6) is 0 Å². The lowest BCUT2D eigenvalue weighted by molar-refractivity contribution is -0.143. The molecule has 0 amide bonds. The van der Waals surface area contributed by atoms with Crippen LogP contribution in [-0.2, 0) is 20.9 Å². The van der Waals surface area contributed by atoms with E-state index < -0.39 is 33.9 Å². The monoisotopic (exact) mass is 393 g/mol. The molecule has 0 bridgehead atoms. The van der Waals surface area contributed by atoms with Gasteiger partial charge in [-0.2, -0.15) is 0 Å². The van der Waals surface area contributed by atoms with E-state index in [1.807, 2.05) is 0 Å². The van der Waals surface area contributed by atoms with Gasteiger partial charge >= 0.3 is 5.97 Å². The fourth-order valence-corrected chi connectivity index (χ4v) is 2.89. The number of hydrogen-bond acceptors (Lipinski definition) is 4. The molecule has 22 heavy (non-hydrogen) atoms. The van der Waals surface area contributed by atoms with Crippen LogP contribution in [0.25, 0.3) is 0 Å². The van der Waals surface area contributed by atoms with E-state index in [1.54, 1.807) is 39.8 Å². The van der Waals surface area contributed by atoms with Gasteiger partial charge in [0.25, 0.3) is 0 Å². The van der Waals surface area contributed by atoms with Crippen LogP contribution >= 0.6 is 15.9 Å². The van der Waals surface area contributed by atoms with E-state index in [0.29, 0.717) is 4.47 Å². The SMILES string of the molecule is CCOC(=O)C[C@H](N[S+]([O-])C(C)(C)C)c1cc(Br)ccc1F. The lowest BCUT2D eigenvalue weighted by Gasteiger charge is -2.28. The standard InChI is InChI=1S/C15H21BrFNO3S/c1-5-21-14(19)9-13(18-22(20)15(2,3)4)11-8-10(16)6-7-12(11)17/h6-8,13,18H,5,9H2,1-4H3/t13-,22?/m0/s1. The summed E-state index contributed by atoms with van der Waals surface area (Å²) in [6.07, 6.45) is -0.0942. The molecule has 1 unspecified atom stereocenters. The van der Waals surface area contributed by atoms with Crippen LogP contribution in [0.3, 0.4) is 0 Å². The highest BCUT2D eigenvalue weighted by Crippen LogP contribution is 2.27. The van der Waals surface area contributed by atoms with Gasteiger partial charge in [0.05, 0.1) is 19.1 Å². The molecule has 1 aromatic carbocycles. The number of hydrogen-bond donors (Lipinski definition) is 1. The first-order valence-corrected chi connectivity index (χ1v) is 8.88. The topological polar surface area (TPSA) is 61.4 Å². The van der Waals surface area contributed by atoms with Crippen molar-refractivity contribution in [3.8, 4) is 0 Å². The zero-order valence-electron chi connectivity index (χ0n) is 13.1. The fourth-order valence-electron chi connectivity index (χ4n) is 1.69. The van der Waals surface area contributed by atoms with E-state index in [9.17, 15) is 13.7 Å². The van der Waals surface area contributed by atoms with Crippen LogP contribution in [0.15, 0.2) is 22.7 Å². The second-order valence-corrected chi connectivity index (χ2v) is 8.64. The third kappa shape index (κ3) is 5.87. The molecular weight excluding hydrogens is 373 g/mol. The zero-order valence-corrected chi connectivity index (χ0v) is 15.5. The van der Waals surface area contributed by atoms with E-state index in [2.05, 4.69) is 20.7 Å². The highest BCUT2D eigenvalue weighted by Gasteiger charge is 2.32. The van der Waals surface area contributed by atoms with Crippen molar-refractivity contribution in [1.82, 2.24) is 4.72 Å². The second-order valence-electron chi connectivity index (χ2n) is 5.73. The summed E-state index contributed by atoms with van der Waals surface area (Å²) in [7, 11) is 0. The molecular formula is C15H21BrFNO3S. The highest BCUT2D eigenvalue weighted by atomic mass is 79.9. The third-order valence-electron chi connectivity index (χ3n) is 2.82. The molecule has 0 aromatic heterocycles. The molecule has 1 rings (SSSR count). The van der Waals surface area contributed by atoms with E-state index in [1.165, 1.54) is 6.07 Å². The van der Waals surface area contributed by atoms with Crippen LogP contribution in [0.4, 0.5) is 4.39 Å². The Hall–Kier alpha value is -0.630. The summed E-state index contributed by atoms with van der Waals surface area (Å²) in [4.78, 5) is 11.8. The van der Waals surface area contributed by atoms with Gasteiger partial charge in [0.15, 0.2) is 0 Å². The Labute approximate surface area is 142 Å². The minimum atomic E-state index is -1.44. The Morgan fingerprint density at radius 1 is 1.50 bits per heavy atom. The Kier molecular flexibility index (Phi) is 7.31. The van der Waals surface area contributed by atoms with Gasteiger partial charge in [-0.25, -0.2) is 4.39 Å². The van der Waals surface area contributed by atoms with Gasteiger partial charge in [-0.1, -0.05) is 15.9 Å². The first-order valence-electron chi connectivity index (χ1n) is 6.93. The first-order chi connectivity index (χ1) is 10.1. The van der Waals surface area contributed by atoms with E-state index in [0.717, 1.165) is 0 Å². The van der Waals surface area contributed by atoms with Crippen molar-refractivity contribution in [1.29, 1.82) is 0 Å². The number of nitrogens with one attached hydrogen (secondary N) is 1. The van der Waals surface area contributed by atoms with Crippen molar-refractivity contribution in [2.24, 2.45) is 0 Å². The normalized spacial score (nSPS) is 14.5. The molecule has 0 spiro atoms. The summed E-state index contributed by atoms with van der Waals surface area (Å²) in [5.74, 6) is -0.929. The average molecular weight is 394 g/mol. The molecule has 0 saturated carbocycles. The average Bonchev–Trinajstić information content (AvgIpc) is 2.40. The van der Waals surface area contributed by atoms with E-state index in [4.69, 9.17) is 4.74 Å². The number of ether oxygens (including phenoxy) is 1. The number of carbonyl (C=O) groups is 1. The zero-order chi connectivity index (χ0) is 16.9. The minimum absolute atomic E-state index is 0.0942. The summed E-state index contributed by atoms with van der Waals surface area (Å²) in [5.41, 5.74) is 0.278. The van der Waals surface area contributed by atoms with Gasteiger partial charge in [0.1, 0.15) is 10.6 Å². The van der Waals surface area contributed by atoms with E-state index >= 15 is 0 Å². The summed E-state index contributed by atoms with van der Waals surface area (Å²) < 4.78 is 34.3. The summed E-state index contributed by atoms with van der Waals surface area (Å²) >= 11 is 1.84. The van der Waals surface area contributed by atoms with Gasteiger partial charge in [-0.3, -0.25) is 4.79 Å². The molecule has 0 radical (unpaired) electrons. The number of halogens is 2. The molecule has 1 aromatic rings. The molecule has 4 nitrogen and oxygen atoms in total. The number of carbonyl (C=O) groups excluding carboxylic acids is 1. The van der Waals surface area contributed by atoms with Crippen LogP contribution in [-0.4, -0.2) is 21.9 Å². The lowest BCUT2D eigenvalue weighted by atomic mass is 10.0. The van der Waals surface area contributed by atoms with Crippen molar-refractivity contribution in [3.63, 3.8) is 0 Å². The van der Waals surface area contributed by atoms with Gasteiger partial charge in [0, 0.05) is 21.4 Å². The Bertz CT molecular complexity index is 522. The predicted molar refractivity (Wildman–Crippen MR) is 89.1 cm³/mol. The van der Waals surface area contributed by atoms with Crippen LogP contribution in [0.1, 0.15) is 45.7 Å². The number of esters is 1. The van der Waals surface area contributed by atoms with Crippen molar-refractivity contribution in [2.75, 3.05) is 6.61 Å². The number of rotatable bonds is 6. The molecule has 1 N–H and O–H groups in total.